The van der Waals surface area contributed by atoms with Gasteiger partial charge in [0.05, 0.1) is 11.7 Å². The van der Waals surface area contributed by atoms with Crippen LogP contribution in [0.3, 0.4) is 0 Å². The molecule has 0 aliphatic carbocycles. The van der Waals surface area contributed by atoms with E-state index in [2.05, 4.69) is 106 Å². The number of benzene rings is 2. The van der Waals surface area contributed by atoms with Crippen LogP contribution in [0.25, 0.3) is 16.5 Å². The van der Waals surface area contributed by atoms with Crippen molar-refractivity contribution in [1.29, 1.82) is 0 Å². The molecule has 0 radical (unpaired) electrons. The van der Waals surface area contributed by atoms with Gasteiger partial charge in [-0.3, -0.25) is 5.10 Å². The van der Waals surface area contributed by atoms with Crippen molar-refractivity contribution in [2.75, 3.05) is 0 Å². The summed E-state index contributed by atoms with van der Waals surface area (Å²) >= 11 is 0. The third-order valence-electron chi connectivity index (χ3n) is 6.46. The third-order valence-corrected chi connectivity index (χ3v) is 6.46. The number of nitrogens with one attached hydrogen (secondary N) is 2. The molecule has 202 valence electrons. The van der Waals surface area contributed by atoms with Gasteiger partial charge in [0.2, 0.25) is 0 Å². The summed E-state index contributed by atoms with van der Waals surface area (Å²) in [5.74, 6) is -0.157. The van der Waals surface area contributed by atoms with Crippen molar-refractivity contribution in [3.05, 3.63) is 142 Å². The Morgan fingerprint density at radius 1 is 1.05 bits per heavy atom. The highest BCUT2D eigenvalue weighted by Crippen LogP contribution is 2.25. The Labute approximate surface area is 232 Å². The summed E-state index contributed by atoms with van der Waals surface area (Å²) < 4.78 is 14.2. The summed E-state index contributed by atoms with van der Waals surface area (Å²) in [4.78, 5) is 0. The van der Waals surface area contributed by atoms with E-state index >= 15 is 0 Å². The number of aromatic amines is 1. The second-order valence-electron chi connectivity index (χ2n) is 10.3. The lowest BCUT2D eigenvalue weighted by Gasteiger charge is -2.22. The van der Waals surface area contributed by atoms with Crippen LogP contribution in [0, 0.1) is 12.7 Å². The molecule has 4 rings (SSSR count). The topological polar surface area (TPSA) is 40.7 Å². The fourth-order valence-electron chi connectivity index (χ4n) is 4.20. The molecule has 0 bridgehead atoms. The van der Waals surface area contributed by atoms with Gasteiger partial charge >= 0.3 is 0 Å². The fraction of sp³-hybridized carbons (Fsp3) is 0.229. The first-order valence-corrected chi connectivity index (χ1v) is 13.3. The van der Waals surface area contributed by atoms with Gasteiger partial charge in [0.1, 0.15) is 5.82 Å². The summed E-state index contributed by atoms with van der Waals surface area (Å²) in [7, 11) is 0. The first kappa shape index (κ1) is 29.4. The lowest BCUT2D eigenvalue weighted by molar-refractivity contribution is 0.609. The first-order valence-electron chi connectivity index (χ1n) is 13.3. The van der Waals surface area contributed by atoms with Crippen LogP contribution in [0.1, 0.15) is 57.7 Å². The van der Waals surface area contributed by atoms with Gasteiger partial charge in [-0.25, -0.2) is 4.39 Å². The zero-order chi connectivity index (χ0) is 28.5. The molecule has 0 spiro atoms. The highest BCUT2D eigenvalue weighted by molar-refractivity contribution is 5.78. The molecule has 0 unspecified atom stereocenters. The van der Waals surface area contributed by atoms with Crippen molar-refractivity contribution >= 4 is 16.5 Å². The van der Waals surface area contributed by atoms with Crippen molar-refractivity contribution in [2.24, 2.45) is 0 Å². The van der Waals surface area contributed by atoms with Gasteiger partial charge in [0.25, 0.3) is 0 Å². The molecule has 0 amide bonds. The Morgan fingerprint density at radius 3 is 2.49 bits per heavy atom. The number of rotatable bonds is 7. The highest BCUT2D eigenvalue weighted by atomic mass is 19.1. The van der Waals surface area contributed by atoms with E-state index in [1.165, 1.54) is 22.1 Å². The molecule has 39 heavy (non-hydrogen) atoms. The third kappa shape index (κ3) is 8.41. The Bertz CT molecular complexity index is 1520. The van der Waals surface area contributed by atoms with Crippen LogP contribution in [0.4, 0.5) is 4.39 Å². The van der Waals surface area contributed by atoms with Crippen LogP contribution in [-0.2, 0) is 6.42 Å². The number of aryl methyl sites for hydroxylation is 2. The number of halogens is 1. The molecule has 2 aromatic carbocycles. The molecule has 0 fully saturated rings. The molecule has 2 heterocycles. The van der Waals surface area contributed by atoms with Gasteiger partial charge < -0.3 is 5.32 Å². The van der Waals surface area contributed by atoms with Crippen molar-refractivity contribution in [2.45, 2.75) is 54.4 Å². The molecule has 1 aliphatic rings. The summed E-state index contributed by atoms with van der Waals surface area (Å²) in [5.41, 5.74) is 11.6. The van der Waals surface area contributed by atoms with E-state index in [0.717, 1.165) is 51.2 Å². The van der Waals surface area contributed by atoms with Gasteiger partial charge in [0.15, 0.2) is 0 Å². The molecule has 1 aromatic heterocycles. The minimum atomic E-state index is -0.157. The molecule has 0 atom stereocenters. The van der Waals surface area contributed by atoms with E-state index in [0.29, 0.717) is 6.42 Å². The van der Waals surface area contributed by atoms with Crippen LogP contribution in [0.2, 0.25) is 0 Å². The van der Waals surface area contributed by atoms with E-state index < -0.39 is 0 Å². The molecule has 4 heteroatoms. The van der Waals surface area contributed by atoms with E-state index in [-0.39, 0.29) is 5.82 Å². The number of nitrogens with zero attached hydrogens (tertiary/aromatic N) is 1. The zero-order valence-corrected chi connectivity index (χ0v) is 24.1. The molecular weight excluding hydrogens is 481 g/mol. The van der Waals surface area contributed by atoms with Gasteiger partial charge in [-0.1, -0.05) is 72.9 Å². The van der Waals surface area contributed by atoms with Crippen LogP contribution in [0.15, 0.2) is 120 Å². The summed E-state index contributed by atoms with van der Waals surface area (Å²) in [6, 6.07) is 11.6. The van der Waals surface area contributed by atoms with Crippen molar-refractivity contribution in [3.63, 3.8) is 0 Å². The van der Waals surface area contributed by atoms with Gasteiger partial charge in [-0.05, 0) is 100 Å². The Balaban J connectivity index is 0.000000346. The van der Waals surface area contributed by atoms with Gasteiger partial charge in [-0.15, -0.1) is 0 Å². The minimum Gasteiger partial charge on any atom is -0.355 e. The average molecular weight is 522 g/mol. The van der Waals surface area contributed by atoms with E-state index in [9.17, 15) is 4.39 Å². The quantitative estimate of drug-likeness (QED) is 0.304. The van der Waals surface area contributed by atoms with Gasteiger partial charge in [-0.2, -0.15) is 5.10 Å². The van der Waals surface area contributed by atoms with E-state index in [1.54, 1.807) is 6.07 Å². The predicted octanol–water partition coefficient (Wildman–Crippen LogP) is 9.45. The van der Waals surface area contributed by atoms with Crippen LogP contribution in [-0.4, -0.2) is 10.2 Å². The fourth-order valence-corrected chi connectivity index (χ4v) is 4.20. The van der Waals surface area contributed by atoms with Crippen molar-refractivity contribution < 1.29 is 4.39 Å². The second-order valence-corrected chi connectivity index (χ2v) is 10.3. The summed E-state index contributed by atoms with van der Waals surface area (Å²) in [5, 5.41) is 11.4. The molecule has 0 saturated heterocycles. The summed E-state index contributed by atoms with van der Waals surface area (Å²) in [6.45, 7) is 20.3. The Morgan fingerprint density at radius 2 is 1.82 bits per heavy atom. The number of allylic oxidation sites excluding steroid dienone is 9. The molecule has 3 aromatic rings. The number of aromatic nitrogens is 2. The van der Waals surface area contributed by atoms with Crippen molar-refractivity contribution in [1.82, 2.24) is 15.5 Å². The lowest BCUT2D eigenvalue weighted by atomic mass is 9.97. The minimum absolute atomic E-state index is 0.157. The first-order chi connectivity index (χ1) is 18.5. The number of fused-ring (bicyclic) bond motifs is 1. The predicted molar refractivity (Wildman–Crippen MR) is 166 cm³/mol. The van der Waals surface area contributed by atoms with Crippen molar-refractivity contribution in [3.8, 4) is 0 Å². The highest BCUT2D eigenvalue weighted by Gasteiger charge is 2.13. The smallest absolute Gasteiger partial charge is 0.127 e. The SMILES string of the molecule is C=C1NC(/C(C)=C/C=C\CCc2ccc(C(=C)C)cc2F)=CC(C)=C1C=C(C)C.Cc1ccc2cn[nH]c2c1. The van der Waals surface area contributed by atoms with Gasteiger partial charge in [0, 0.05) is 22.4 Å². The molecule has 0 saturated carbocycles. The van der Waals surface area contributed by atoms with E-state index in [1.807, 2.05) is 31.3 Å². The summed E-state index contributed by atoms with van der Waals surface area (Å²) in [6.07, 6.45) is 13.8. The molecule has 3 nitrogen and oxygen atoms in total. The number of dihydropyridines is 1. The molecule has 2 N–H and O–H groups in total. The van der Waals surface area contributed by atoms with Crippen LogP contribution in [0.5, 0.6) is 0 Å². The normalized spacial score (nSPS) is 13.7. The Kier molecular flexibility index (Phi) is 10.2. The standard InChI is InChI=1S/C27H32FN.C8H8N2/c1-18(2)15-25-21(6)16-27(29-22(25)7)20(5)11-9-8-10-12-23-13-14-24(19(3)4)17-26(23)28;1-6-2-3-7-5-9-10-8(7)4-6/h8-9,11,13-17,29H,3,7,10,12H2,1-2,4-6H3;2-5H,1H3,(H,9,10)/b9-8-,20-11+;. The average Bonchev–Trinajstić information content (AvgIpc) is 3.34. The zero-order valence-electron chi connectivity index (χ0n) is 24.1. The van der Waals surface area contributed by atoms with E-state index in [4.69, 9.17) is 0 Å². The number of H-pyrrole nitrogens is 1. The maximum atomic E-state index is 14.2. The second kappa shape index (κ2) is 13.6. The van der Waals surface area contributed by atoms with Crippen LogP contribution >= 0.6 is 0 Å². The maximum absolute atomic E-state index is 14.2. The molecule has 1 aliphatic heterocycles. The monoisotopic (exact) mass is 521 g/mol. The largest absolute Gasteiger partial charge is 0.355 e. The maximum Gasteiger partial charge on any atom is 0.127 e. The number of hydrogen-bond acceptors (Lipinski definition) is 2. The van der Waals surface area contributed by atoms with Crippen LogP contribution < -0.4 is 5.32 Å². The number of hydrogen-bond donors (Lipinski definition) is 2. The Hall–Kier alpha value is -4.18. The lowest BCUT2D eigenvalue weighted by Crippen LogP contribution is -2.18. The molecular formula is C35H40FN3.